The SMILES string of the molecule is CCc1ccccc1NC(=O)C[NH+]1CCN(C(=O)C[C@@H]2C=CCC2)CC1. The van der Waals surface area contributed by atoms with Gasteiger partial charge >= 0.3 is 0 Å². The van der Waals surface area contributed by atoms with E-state index in [1.54, 1.807) is 0 Å². The molecular weight excluding hydrogens is 326 g/mol. The molecule has 5 nitrogen and oxygen atoms in total. The fourth-order valence-corrected chi connectivity index (χ4v) is 3.84. The Morgan fingerprint density at radius 2 is 2.00 bits per heavy atom. The Balaban J connectivity index is 1.42. The highest BCUT2D eigenvalue weighted by Gasteiger charge is 2.26. The molecule has 0 radical (unpaired) electrons. The van der Waals surface area contributed by atoms with Crippen LogP contribution >= 0.6 is 0 Å². The molecule has 1 aromatic carbocycles. The number of aryl methyl sites for hydroxylation is 1. The number of hydrogen-bond donors (Lipinski definition) is 2. The van der Waals surface area contributed by atoms with Crippen molar-refractivity contribution >= 4 is 17.5 Å². The Morgan fingerprint density at radius 1 is 1.23 bits per heavy atom. The van der Waals surface area contributed by atoms with E-state index in [-0.39, 0.29) is 11.8 Å². The smallest absolute Gasteiger partial charge is 0.279 e. The maximum Gasteiger partial charge on any atom is 0.279 e. The van der Waals surface area contributed by atoms with Gasteiger partial charge in [0.15, 0.2) is 6.54 Å². The molecule has 1 saturated heterocycles. The number of piperazine rings is 1. The van der Waals surface area contributed by atoms with Crippen LogP contribution in [0.15, 0.2) is 36.4 Å². The molecule has 2 amide bonds. The molecule has 0 aromatic heterocycles. The second-order valence-corrected chi connectivity index (χ2v) is 7.34. The van der Waals surface area contributed by atoms with Crippen molar-refractivity contribution < 1.29 is 14.5 Å². The Kier molecular flexibility index (Phi) is 6.45. The molecule has 1 heterocycles. The van der Waals surface area contributed by atoms with Crippen LogP contribution in [0.5, 0.6) is 0 Å². The molecule has 2 N–H and O–H groups in total. The zero-order chi connectivity index (χ0) is 18.4. The molecule has 0 bridgehead atoms. The van der Waals surface area contributed by atoms with Crippen LogP contribution in [-0.2, 0) is 16.0 Å². The third-order valence-corrected chi connectivity index (χ3v) is 5.46. The lowest BCUT2D eigenvalue weighted by molar-refractivity contribution is -0.895. The molecule has 2 aliphatic rings. The van der Waals surface area contributed by atoms with Gasteiger partial charge in [0.25, 0.3) is 5.91 Å². The molecule has 1 fully saturated rings. The van der Waals surface area contributed by atoms with Crippen molar-refractivity contribution in [2.24, 2.45) is 5.92 Å². The van der Waals surface area contributed by atoms with Gasteiger partial charge in [-0.1, -0.05) is 37.3 Å². The number of benzene rings is 1. The van der Waals surface area contributed by atoms with Gasteiger partial charge in [-0.2, -0.15) is 0 Å². The molecule has 0 unspecified atom stereocenters. The van der Waals surface area contributed by atoms with Crippen molar-refractivity contribution in [3.05, 3.63) is 42.0 Å². The van der Waals surface area contributed by atoms with Crippen LogP contribution in [0.1, 0.15) is 31.7 Å². The first kappa shape index (κ1) is 18.6. The summed E-state index contributed by atoms with van der Waals surface area (Å²) >= 11 is 0. The second-order valence-electron chi connectivity index (χ2n) is 7.34. The molecule has 1 aromatic rings. The summed E-state index contributed by atoms with van der Waals surface area (Å²) < 4.78 is 0. The van der Waals surface area contributed by atoms with Crippen molar-refractivity contribution in [2.75, 3.05) is 38.0 Å². The average molecular weight is 356 g/mol. The van der Waals surface area contributed by atoms with Crippen molar-refractivity contribution in [3.8, 4) is 0 Å². The summed E-state index contributed by atoms with van der Waals surface area (Å²) in [5.74, 6) is 0.746. The summed E-state index contributed by atoms with van der Waals surface area (Å²) in [6.45, 7) is 5.75. The highest BCUT2D eigenvalue weighted by molar-refractivity contribution is 5.92. The van der Waals surface area contributed by atoms with Gasteiger partial charge in [0.2, 0.25) is 5.91 Å². The predicted octanol–water partition coefficient (Wildman–Crippen LogP) is 1.27. The van der Waals surface area contributed by atoms with Crippen molar-refractivity contribution in [2.45, 2.75) is 32.6 Å². The van der Waals surface area contributed by atoms with Crippen LogP contribution in [0, 0.1) is 5.92 Å². The number of carbonyl (C=O) groups excluding carboxylic acids is 2. The number of rotatable bonds is 6. The van der Waals surface area contributed by atoms with Gasteiger partial charge in [0.05, 0.1) is 26.2 Å². The lowest BCUT2D eigenvalue weighted by atomic mass is 10.0. The molecule has 5 heteroatoms. The zero-order valence-corrected chi connectivity index (χ0v) is 15.7. The third kappa shape index (κ3) is 4.94. The number of quaternary nitrogens is 1. The van der Waals surface area contributed by atoms with Crippen LogP contribution in [0.2, 0.25) is 0 Å². The van der Waals surface area contributed by atoms with Crippen molar-refractivity contribution in [1.82, 2.24) is 4.90 Å². The summed E-state index contributed by atoms with van der Waals surface area (Å²) in [5.41, 5.74) is 2.07. The van der Waals surface area contributed by atoms with Crippen molar-refractivity contribution in [3.63, 3.8) is 0 Å². The predicted molar refractivity (Wildman–Crippen MR) is 103 cm³/mol. The maximum atomic E-state index is 12.4. The van der Waals surface area contributed by atoms with Crippen LogP contribution in [0.4, 0.5) is 5.69 Å². The van der Waals surface area contributed by atoms with E-state index in [4.69, 9.17) is 0 Å². The number of anilines is 1. The van der Waals surface area contributed by atoms with Crippen LogP contribution in [0.3, 0.4) is 0 Å². The molecule has 1 atom stereocenters. The largest absolute Gasteiger partial charge is 0.331 e. The lowest BCUT2D eigenvalue weighted by Gasteiger charge is -2.32. The minimum absolute atomic E-state index is 0.0526. The Hall–Kier alpha value is -2.14. The van der Waals surface area contributed by atoms with Gasteiger partial charge < -0.3 is 15.1 Å². The standard InChI is InChI=1S/C21H29N3O2/c1-2-18-9-5-6-10-19(18)22-20(25)16-23-11-13-24(14-12-23)21(26)15-17-7-3-4-8-17/h3,5-7,9-10,17H,2,4,8,11-16H2,1H3,(H,22,25)/p+1/t17-/m1/s1. The van der Waals surface area contributed by atoms with Gasteiger partial charge in [0, 0.05) is 12.1 Å². The van der Waals surface area contributed by atoms with Gasteiger partial charge in [-0.3, -0.25) is 9.59 Å². The molecule has 3 rings (SSSR count). The van der Waals surface area contributed by atoms with E-state index in [2.05, 4.69) is 24.4 Å². The van der Waals surface area contributed by atoms with E-state index in [9.17, 15) is 9.59 Å². The Bertz CT molecular complexity index is 663. The van der Waals surface area contributed by atoms with E-state index in [1.807, 2.05) is 29.2 Å². The topological polar surface area (TPSA) is 53.9 Å². The first-order valence-electron chi connectivity index (χ1n) is 9.81. The highest BCUT2D eigenvalue weighted by atomic mass is 16.2. The van der Waals surface area contributed by atoms with Gasteiger partial charge in [-0.15, -0.1) is 0 Å². The first-order valence-corrected chi connectivity index (χ1v) is 9.81. The normalized spacial score (nSPS) is 20.3. The summed E-state index contributed by atoms with van der Waals surface area (Å²) in [6, 6.07) is 7.95. The number of hydrogen-bond acceptors (Lipinski definition) is 2. The number of amides is 2. The Morgan fingerprint density at radius 3 is 2.69 bits per heavy atom. The average Bonchev–Trinajstić information content (AvgIpc) is 3.15. The minimum atomic E-state index is 0.0526. The van der Waals surface area contributed by atoms with E-state index in [0.717, 1.165) is 56.7 Å². The molecule has 140 valence electrons. The number of nitrogens with zero attached hydrogens (tertiary/aromatic N) is 1. The quantitative estimate of drug-likeness (QED) is 0.755. The summed E-state index contributed by atoms with van der Waals surface area (Å²) in [6.07, 6.45) is 8.11. The Labute approximate surface area is 156 Å². The fraction of sp³-hybridized carbons (Fsp3) is 0.524. The first-order chi connectivity index (χ1) is 12.7. The summed E-state index contributed by atoms with van der Waals surface area (Å²) in [5, 5.41) is 3.04. The fourth-order valence-electron chi connectivity index (χ4n) is 3.84. The van der Waals surface area contributed by atoms with Gasteiger partial charge in [0.1, 0.15) is 0 Å². The molecule has 1 aliphatic heterocycles. The zero-order valence-electron chi connectivity index (χ0n) is 15.7. The third-order valence-electron chi connectivity index (χ3n) is 5.46. The molecule has 1 aliphatic carbocycles. The minimum Gasteiger partial charge on any atom is -0.331 e. The van der Waals surface area contributed by atoms with Crippen LogP contribution < -0.4 is 10.2 Å². The van der Waals surface area contributed by atoms with Crippen LogP contribution in [0.25, 0.3) is 0 Å². The molecule has 26 heavy (non-hydrogen) atoms. The van der Waals surface area contributed by atoms with E-state index >= 15 is 0 Å². The van der Waals surface area contributed by atoms with Gasteiger partial charge in [-0.25, -0.2) is 0 Å². The monoisotopic (exact) mass is 356 g/mol. The van der Waals surface area contributed by atoms with Crippen LogP contribution in [-0.4, -0.2) is 49.4 Å². The summed E-state index contributed by atoms with van der Waals surface area (Å²) in [4.78, 5) is 28.0. The molecule has 0 saturated carbocycles. The number of carbonyl (C=O) groups is 2. The number of nitrogens with one attached hydrogen (secondary N) is 2. The van der Waals surface area contributed by atoms with E-state index in [0.29, 0.717) is 18.9 Å². The van der Waals surface area contributed by atoms with Crippen molar-refractivity contribution in [1.29, 1.82) is 0 Å². The van der Waals surface area contributed by atoms with E-state index < -0.39 is 0 Å². The lowest BCUT2D eigenvalue weighted by Crippen LogP contribution is -3.15. The second kappa shape index (κ2) is 8.99. The summed E-state index contributed by atoms with van der Waals surface area (Å²) in [7, 11) is 0. The maximum absolute atomic E-state index is 12.4. The number of allylic oxidation sites excluding steroid dienone is 2. The highest BCUT2D eigenvalue weighted by Crippen LogP contribution is 2.21. The van der Waals surface area contributed by atoms with Gasteiger partial charge in [-0.05, 0) is 36.8 Å². The molecular formula is C21H30N3O2+. The number of para-hydroxylation sites is 1. The molecule has 0 spiro atoms. The van der Waals surface area contributed by atoms with E-state index in [1.165, 1.54) is 4.90 Å².